The minimum atomic E-state index is -2.68. The Labute approximate surface area is 132 Å². The van der Waals surface area contributed by atoms with Gasteiger partial charge in [-0.05, 0) is 18.4 Å². The Bertz CT molecular complexity index is 602. The first-order valence-corrected chi connectivity index (χ1v) is 7.31. The highest BCUT2D eigenvalue weighted by Crippen LogP contribution is 2.31. The summed E-state index contributed by atoms with van der Waals surface area (Å²) < 4.78 is 25.0. The van der Waals surface area contributed by atoms with Gasteiger partial charge in [0.15, 0.2) is 5.84 Å². The van der Waals surface area contributed by atoms with Crippen molar-refractivity contribution in [2.24, 2.45) is 10.9 Å². The number of alkyl halides is 2. The van der Waals surface area contributed by atoms with Crippen molar-refractivity contribution >= 4 is 11.7 Å². The Kier molecular flexibility index (Phi) is 4.53. The molecule has 3 rings (SSSR count). The Balaban J connectivity index is 1.65. The van der Waals surface area contributed by atoms with E-state index in [1.807, 2.05) is 0 Å². The van der Waals surface area contributed by atoms with Crippen molar-refractivity contribution in [3.05, 3.63) is 35.4 Å². The number of hydrogen-bond donors (Lipinski definition) is 1. The van der Waals surface area contributed by atoms with Crippen LogP contribution in [-0.4, -0.2) is 36.6 Å². The molecule has 23 heavy (non-hydrogen) atoms. The molecule has 1 fully saturated rings. The third-order valence-electron chi connectivity index (χ3n) is 3.69. The highest BCUT2D eigenvalue weighted by Gasteiger charge is 2.34. The van der Waals surface area contributed by atoms with Crippen LogP contribution < -0.4 is 5.48 Å². The Morgan fingerprint density at radius 1 is 1.43 bits per heavy atom. The van der Waals surface area contributed by atoms with Crippen molar-refractivity contribution < 1.29 is 23.3 Å². The van der Waals surface area contributed by atoms with Crippen LogP contribution in [0.4, 0.5) is 8.78 Å². The van der Waals surface area contributed by atoms with Gasteiger partial charge in [-0.25, -0.2) is 29.2 Å². The van der Waals surface area contributed by atoms with Crippen LogP contribution >= 0.6 is 0 Å². The summed E-state index contributed by atoms with van der Waals surface area (Å²) in [5.41, 5.74) is 3.90. The lowest BCUT2D eigenvalue weighted by Gasteiger charge is -2.19. The van der Waals surface area contributed by atoms with E-state index < -0.39 is 12.7 Å². The fourth-order valence-electron chi connectivity index (χ4n) is 2.24. The molecule has 1 unspecified atom stereocenters. The van der Waals surface area contributed by atoms with Crippen molar-refractivity contribution in [2.75, 3.05) is 7.11 Å². The van der Waals surface area contributed by atoms with Crippen LogP contribution in [0.2, 0.25) is 0 Å². The lowest BCUT2D eigenvalue weighted by atomic mass is 10.1. The Morgan fingerprint density at radius 3 is 2.65 bits per heavy atom. The number of nitrogens with zero attached hydrogens (tertiary/aromatic N) is 2. The van der Waals surface area contributed by atoms with Crippen molar-refractivity contribution in [2.45, 2.75) is 32.0 Å². The van der Waals surface area contributed by atoms with E-state index in [1.165, 1.54) is 12.2 Å². The molecule has 0 radical (unpaired) electrons. The van der Waals surface area contributed by atoms with Crippen molar-refractivity contribution in [1.82, 2.24) is 10.5 Å². The zero-order valence-corrected chi connectivity index (χ0v) is 12.5. The first-order chi connectivity index (χ1) is 11.1. The zero-order chi connectivity index (χ0) is 16.4. The second-order valence-electron chi connectivity index (χ2n) is 5.45. The van der Waals surface area contributed by atoms with Gasteiger partial charge < -0.3 is 0 Å². The second kappa shape index (κ2) is 6.59. The number of hydroxylamine groups is 3. The van der Waals surface area contributed by atoms with Gasteiger partial charge in [0, 0.05) is 11.5 Å². The molecular formula is C15H17F2N3O3. The molecule has 1 atom stereocenters. The van der Waals surface area contributed by atoms with E-state index in [2.05, 4.69) is 15.3 Å². The number of halogens is 2. The molecule has 124 valence electrons. The molecule has 1 aliphatic carbocycles. The highest BCUT2D eigenvalue weighted by molar-refractivity contribution is 5.98. The van der Waals surface area contributed by atoms with Crippen LogP contribution in [0.25, 0.3) is 0 Å². The number of amidine groups is 1. The van der Waals surface area contributed by atoms with Crippen LogP contribution in [0, 0.1) is 5.92 Å². The maximum absolute atomic E-state index is 12.5. The first-order valence-electron chi connectivity index (χ1n) is 7.31. The normalized spacial score (nSPS) is 20.3. The third-order valence-corrected chi connectivity index (χ3v) is 3.69. The maximum atomic E-state index is 12.5. The molecule has 6 nitrogen and oxygen atoms in total. The number of carbonyl (C=O) groups excluding carboxylic acids is 1. The van der Waals surface area contributed by atoms with Crippen molar-refractivity contribution in [3.63, 3.8) is 0 Å². The standard InChI is InChI=1S/C15H17F2N3O3/c1-22-20(15(21)11-6-7-11)8-9-2-4-10(5-3-9)13-18-14(12(16)17)23-19-13/h2-5,11-12,14H,6-8H2,1H3,(H,18,19). The van der Waals surface area contributed by atoms with Crippen LogP contribution in [-0.2, 0) is 21.0 Å². The molecule has 2 aliphatic rings. The molecule has 0 bridgehead atoms. The zero-order valence-electron chi connectivity index (χ0n) is 12.5. The number of aliphatic imine (C=N–C) groups is 1. The highest BCUT2D eigenvalue weighted by atomic mass is 19.3. The van der Waals surface area contributed by atoms with E-state index in [9.17, 15) is 13.6 Å². The summed E-state index contributed by atoms with van der Waals surface area (Å²) in [6.45, 7) is 0.335. The molecule has 1 heterocycles. The molecule has 0 aromatic heterocycles. The number of hydrogen-bond acceptors (Lipinski definition) is 5. The molecule has 0 saturated heterocycles. The van der Waals surface area contributed by atoms with Gasteiger partial charge in [-0.2, -0.15) is 0 Å². The Hall–Kier alpha value is -2.06. The van der Waals surface area contributed by atoms with E-state index in [-0.39, 0.29) is 17.7 Å². The number of benzene rings is 1. The SMILES string of the molecule is CON(Cc1ccc(C2=NC(C(F)F)ON2)cc1)C(=O)C1CC1. The van der Waals surface area contributed by atoms with Crippen LogP contribution in [0.1, 0.15) is 24.0 Å². The van der Waals surface area contributed by atoms with Crippen molar-refractivity contribution in [1.29, 1.82) is 0 Å². The van der Waals surface area contributed by atoms with Crippen LogP contribution in [0.3, 0.4) is 0 Å². The third kappa shape index (κ3) is 3.65. The molecule has 0 spiro atoms. The van der Waals surface area contributed by atoms with E-state index in [0.29, 0.717) is 12.1 Å². The van der Waals surface area contributed by atoms with Gasteiger partial charge in [0.1, 0.15) is 0 Å². The van der Waals surface area contributed by atoms with Gasteiger partial charge in [-0.1, -0.05) is 24.3 Å². The van der Waals surface area contributed by atoms with E-state index in [1.54, 1.807) is 24.3 Å². The van der Waals surface area contributed by atoms with Crippen LogP contribution in [0.15, 0.2) is 29.3 Å². The van der Waals surface area contributed by atoms with Gasteiger partial charge in [-0.15, -0.1) is 0 Å². The van der Waals surface area contributed by atoms with Gasteiger partial charge in [0.25, 0.3) is 6.43 Å². The maximum Gasteiger partial charge on any atom is 0.286 e. The average molecular weight is 325 g/mol. The van der Waals surface area contributed by atoms with E-state index >= 15 is 0 Å². The molecule has 1 N–H and O–H groups in total. The number of amides is 1. The van der Waals surface area contributed by atoms with Gasteiger partial charge in [-0.3, -0.25) is 9.63 Å². The number of carbonyl (C=O) groups is 1. The van der Waals surface area contributed by atoms with E-state index in [4.69, 9.17) is 4.84 Å². The lowest BCUT2D eigenvalue weighted by Crippen LogP contribution is -2.30. The predicted octanol–water partition coefficient (Wildman–Crippen LogP) is 1.86. The van der Waals surface area contributed by atoms with Gasteiger partial charge >= 0.3 is 0 Å². The summed E-state index contributed by atoms with van der Waals surface area (Å²) in [6, 6.07) is 7.05. The summed E-state index contributed by atoms with van der Waals surface area (Å²) in [6.07, 6.45) is -2.34. The lowest BCUT2D eigenvalue weighted by molar-refractivity contribution is -0.180. The summed E-state index contributed by atoms with van der Waals surface area (Å²) in [5.74, 6) is 0.334. The summed E-state index contributed by atoms with van der Waals surface area (Å²) in [7, 11) is 1.47. The topological polar surface area (TPSA) is 63.2 Å². The summed E-state index contributed by atoms with van der Waals surface area (Å²) in [5, 5.41) is 1.34. The van der Waals surface area contributed by atoms with E-state index in [0.717, 1.165) is 18.4 Å². The predicted molar refractivity (Wildman–Crippen MR) is 77.3 cm³/mol. The molecular weight excluding hydrogens is 308 g/mol. The fourth-order valence-corrected chi connectivity index (χ4v) is 2.24. The largest absolute Gasteiger partial charge is 0.286 e. The monoisotopic (exact) mass is 325 g/mol. The smallest absolute Gasteiger partial charge is 0.274 e. The first kappa shape index (κ1) is 15.8. The fraction of sp³-hybridized carbons (Fsp3) is 0.467. The molecule has 1 amide bonds. The molecule has 1 aromatic carbocycles. The molecule has 1 saturated carbocycles. The Morgan fingerprint density at radius 2 is 2.13 bits per heavy atom. The second-order valence-corrected chi connectivity index (χ2v) is 5.45. The average Bonchev–Trinajstić information content (AvgIpc) is 3.29. The van der Waals surface area contributed by atoms with Gasteiger partial charge in [0.05, 0.1) is 13.7 Å². The molecule has 8 heteroatoms. The molecule has 1 aromatic rings. The minimum Gasteiger partial charge on any atom is -0.274 e. The summed E-state index contributed by atoms with van der Waals surface area (Å²) >= 11 is 0. The van der Waals surface area contributed by atoms with Crippen LogP contribution in [0.5, 0.6) is 0 Å². The van der Waals surface area contributed by atoms with Gasteiger partial charge in [0.2, 0.25) is 12.1 Å². The number of nitrogens with one attached hydrogen (secondary N) is 1. The molecule has 1 aliphatic heterocycles. The number of rotatable bonds is 6. The summed E-state index contributed by atoms with van der Waals surface area (Å²) in [4.78, 5) is 25.6. The quantitative estimate of drug-likeness (QED) is 0.811. The van der Waals surface area contributed by atoms with Crippen molar-refractivity contribution in [3.8, 4) is 0 Å². The minimum absolute atomic E-state index is 0.00779.